The molecule has 0 heterocycles. The molecule has 0 aromatic heterocycles. The van der Waals surface area contributed by atoms with Crippen molar-refractivity contribution in [2.45, 2.75) is 13.3 Å². The van der Waals surface area contributed by atoms with Crippen molar-refractivity contribution in [3.8, 4) is 0 Å². The molecule has 1 amide bonds. The van der Waals surface area contributed by atoms with E-state index in [0.29, 0.717) is 23.1 Å². The highest BCUT2D eigenvalue weighted by atomic mass is 16.4. The molecule has 4 aliphatic carbocycles. The van der Waals surface area contributed by atoms with Crippen LogP contribution in [0.3, 0.4) is 0 Å². The fourth-order valence-corrected chi connectivity index (χ4v) is 4.58. The average molecular weight is 325 g/mol. The summed E-state index contributed by atoms with van der Waals surface area (Å²) in [6, 6.07) is 6.69. The predicted octanol–water partition coefficient (Wildman–Crippen LogP) is 2.60. The van der Waals surface area contributed by atoms with Crippen LogP contribution >= 0.6 is 0 Å². The standard InChI is InChI=1S/C19H19NO4/c1-9(21)10-2-4-11(5-3-10)20-18(22)16-12-6-7-13(15-8-14(12)15)17(16)19(23)24/h2-7,12-17H,8H2,1H3,(H,20,22)(H,23,24)/t12-,13-,14-,15-,16-,17+/m1/s1. The van der Waals surface area contributed by atoms with Crippen molar-refractivity contribution in [2.75, 3.05) is 5.32 Å². The summed E-state index contributed by atoms with van der Waals surface area (Å²) in [6.07, 6.45) is 5.08. The van der Waals surface area contributed by atoms with Crippen LogP contribution in [-0.2, 0) is 9.59 Å². The van der Waals surface area contributed by atoms with Gasteiger partial charge in [0, 0.05) is 11.3 Å². The molecule has 0 saturated heterocycles. The number of benzene rings is 1. The van der Waals surface area contributed by atoms with Crippen molar-refractivity contribution in [1.82, 2.24) is 0 Å². The second-order valence-electron chi connectivity index (χ2n) is 7.12. The van der Waals surface area contributed by atoms with Crippen LogP contribution in [0.1, 0.15) is 23.7 Å². The Balaban J connectivity index is 1.56. The summed E-state index contributed by atoms with van der Waals surface area (Å²) >= 11 is 0. The maximum atomic E-state index is 12.8. The lowest BCUT2D eigenvalue weighted by molar-refractivity contribution is -0.152. The first kappa shape index (κ1) is 15.1. The maximum Gasteiger partial charge on any atom is 0.307 e. The Bertz CT molecular complexity index is 751. The summed E-state index contributed by atoms with van der Waals surface area (Å²) in [6.45, 7) is 1.49. The summed E-state index contributed by atoms with van der Waals surface area (Å²) in [4.78, 5) is 35.8. The number of carbonyl (C=O) groups is 3. The van der Waals surface area contributed by atoms with E-state index in [9.17, 15) is 19.5 Å². The van der Waals surface area contributed by atoms with Crippen LogP contribution in [0, 0.1) is 35.5 Å². The third kappa shape index (κ3) is 2.27. The summed E-state index contributed by atoms with van der Waals surface area (Å²) < 4.78 is 0. The lowest BCUT2D eigenvalue weighted by Crippen LogP contribution is -2.48. The molecule has 2 bridgehead atoms. The first-order valence-electron chi connectivity index (χ1n) is 8.30. The van der Waals surface area contributed by atoms with Crippen molar-refractivity contribution in [1.29, 1.82) is 0 Å². The second kappa shape index (κ2) is 5.30. The van der Waals surface area contributed by atoms with E-state index < -0.39 is 17.8 Å². The van der Waals surface area contributed by atoms with Gasteiger partial charge in [-0.1, -0.05) is 12.2 Å². The lowest BCUT2D eigenvalue weighted by atomic mass is 9.62. The number of rotatable bonds is 4. The molecule has 0 unspecified atom stereocenters. The van der Waals surface area contributed by atoms with Crippen LogP contribution in [0.15, 0.2) is 36.4 Å². The molecule has 5 nitrogen and oxygen atoms in total. The highest BCUT2D eigenvalue weighted by Gasteiger charge is 2.62. The van der Waals surface area contributed by atoms with E-state index in [-0.39, 0.29) is 23.5 Å². The number of Topliss-reactive ketones (excluding diaryl/α,β-unsaturated/α-hetero) is 1. The van der Waals surface area contributed by atoms with Gasteiger partial charge in [0.2, 0.25) is 5.91 Å². The number of carbonyl (C=O) groups excluding carboxylic acids is 2. The van der Waals surface area contributed by atoms with E-state index in [1.165, 1.54) is 6.92 Å². The summed E-state index contributed by atoms with van der Waals surface area (Å²) in [5, 5.41) is 12.5. The number of aliphatic carboxylic acids is 1. The molecule has 24 heavy (non-hydrogen) atoms. The van der Waals surface area contributed by atoms with Gasteiger partial charge in [-0.3, -0.25) is 14.4 Å². The largest absolute Gasteiger partial charge is 0.481 e. The SMILES string of the molecule is CC(=O)c1ccc(NC(=O)[C@@H]2[C@@H]3C=C[C@H]([C@H]4C[C@H]34)[C@@H]2C(=O)O)cc1. The number of hydrogen-bond donors (Lipinski definition) is 2. The number of nitrogens with one attached hydrogen (secondary N) is 1. The van der Waals surface area contributed by atoms with Gasteiger partial charge in [0.15, 0.2) is 5.78 Å². The number of amides is 1. The molecule has 6 atom stereocenters. The molecule has 4 aliphatic rings. The molecule has 0 aliphatic heterocycles. The number of fused-ring (bicyclic) bond motifs is 1. The van der Waals surface area contributed by atoms with Gasteiger partial charge in [0.1, 0.15) is 0 Å². The normalized spacial score (nSPS) is 35.2. The average Bonchev–Trinajstić information content (AvgIpc) is 3.36. The van der Waals surface area contributed by atoms with Crippen molar-refractivity contribution in [3.05, 3.63) is 42.0 Å². The Morgan fingerprint density at radius 3 is 2.12 bits per heavy atom. The molecule has 1 aromatic rings. The number of carboxylic acid groups (broad SMARTS) is 1. The monoisotopic (exact) mass is 325 g/mol. The third-order valence-electron chi connectivity index (χ3n) is 5.80. The minimum Gasteiger partial charge on any atom is -0.481 e. The first-order valence-corrected chi connectivity index (χ1v) is 8.30. The molecule has 5 rings (SSSR count). The number of ketones is 1. The van der Waals surface area contributed by atoms with Crippen molar-refractivity contribution < 1.29 is 19.5 Å². The van der Waals surface area contributed by atoms with E-state index in [1.54, 1.807) is 24.3 Å². The van der Waals surface area contributed by atoms with Crippen LogP contribution in [0.5, 0.6) is 0 Å². The Hall–Kier alpha value is -2.43. The Morgan fingerprint density at radius 1 is 1.00 bits per heavy atom. The lowest BCUT2D eigenvalue weighted by Gasteiger charge is -2.41. The van der Waals surface area contributed by atoms with E-state index in [2.05, 4.69) is 5.32 Å². The van der Waals surface area contributed by atoms with Crippen LogP contribution in [0.2, 0.25) is 0 Å². The zero-order chi connectivity index (χ0) is 17.0. The Labute approximate surface area is 139 Å². The molecule has 124 valence electrons. The van der Waals surface area contributed by atoms with Crippen LogP contribution in [-0.4, -0.2) is 22.8 Å². The summed E-state index contributed by atoms with van der Waals surface area (Å²) in [7, 11) is 0. The number of hydrogen-bond acceptors (Lipinski definition) is 3. The first-order chi connectivity index (χ1) is 11.5. The van der Waals surface area contributed by atoms with E-state index in [0.717, 1.165) is 6.42 Å². The smallest absolute Gasteiger partial charge is 0.307 e. The fourth-order valence-electron chi connectivity index (χ4n) is 4.58. The molecule has 2 fully saturated rings. The minimum atomic E-state index is -0.883. The molecule has 5 heteroatoms. The zero-order valence-corrected chi connectivity index (χ0v) is 13.3. The Kier molecular flexibility index (Phi) is 3.34. The Morgan fingerprint density at radius 2 is 1.58 bits per heavy atom. The topological polar surface area (TPSA) is 83.5 Å². The summed E-state index contributed by atoms with van der Waals surface area (Å²) in [5.74, 6) is -1.39. The van der Waals surface area contributed by atoms with E-state index in [4.69, 9.17) is 0 Å². The van der Waals surface area contributed by atoms with Crippen molar-refractivity contribution >= 4 is 23.3 Å². The molecule has 2 N–H and O–H groups in total. The van der Waals surface area contributed by atoms with Crippen LogP contribution in [0.4, 0.5) is 5.69 Å². The van der Waals surface area contributed by atoms with Gasteiger partial charge in [0.25, 0.3) is 0 Å². The number of carboxylic acids is 1. The van der Waals surface area contributed by atoms with Crippen LogP contribution in [0.25, 0.3) is 0 Å². The van der Waals surface area contributed by atoms with E-state index >= 15 is 0 Å². The van der Waals surface area contributed by atoms with Gasteiger partial charge in [-0.25, -0.2) is 0 Å². The van der Waals surface area contributed by atoms with E-state index in [1.807, 2.05) is 12.2 Å². The molecular formula is C19H19NO4. The predicted molar refractivity (Wildman–Crippen MR) is 87.4 cm³/mol. The number of anilines is 1. The second-order valence-corrected chi connectivity index (χ2v) is 7.12. The fraction of sp³-hybridized carbons (Fsp3) is 0.421. The quantitative estimate of drug-likeness (QED) is 0.658. The van der Waals surface area contributed by atoms with Crippen molar-refractivity contribution in [2.24, 2.45) is 35.5 Å². The van der Waals surface area contributed by atoms with Gasteiger partial charge < -0.3 is 10.4 Å². The molecule has 1 aromatic carbocycles. The van der Waals surface area contributed by atoms with Gasteiger partial charge in [-0.15, -0.1) is 0 Å². The molecular weight excluding hydrogens is 306 g/mol. The van der Waals surface area contributed by atoms with Crippen molar-refractivity contribution in [3.63, 3.8) is 0 Å². The van der Waals surface area contributed by atoms with Gasteiger partial charge in [-0.2, -0.15) is 0 Å². The minimum absolute atomic E-state index is 0.0201. The summed E-state index contributed by atoms with van der Waals surface area (Å²) in [5.41, 5.74) is 1.17. The molecule has 0 spiro atoms. The highest BCUT2D eigenvalue weighted by molar-refractivity contribution is 5.97. The highest BCUT2D eigenvalue weighted by Crippen LogP contribution is 2.63. The maximum absolute atomic E-state index is 12.8. The number of allylic oxidation sites excluding steroid dienone is 2. The molecule has 2 saturated carbocycles. The van der Waals surface area contributed by atoms with Crippen LogP contribution < -0.4 is 5.32 Å². The molecule has 0 radical (unpaired) electrons. The van der Waals surface area contributed by atoms with Gasteiger partial charge in [-0.05, 0) is 61.3 Å². The zero-order valence-electron chi connectivity index (χ0n) is 13.3. The van der Waals surface area contributed by atoms with Gasteiger partial charge >= 0.3 is 5.97 Å². The van der Waals surface area contributed by atoms with Gasteiger partial charge in [0.05, 0.1) is 11.8 Å². The third-order valence-corrected chi connectivity index (χ3v) is 5.80.